The van der Waals surface area contributed by atoms with Crippen LogP contribution in [0.5, 0.6) is 5.75 Å². The van der Waals surface area contributed by atoms with Crippen LogP contribution in [0.1, 0.15) is 26.2 Å². The number of carbonyl (C=O) groups is 1. The summed E-state index contributed by atoms with van der Waals surface area (Å²) in [6.45, 7) is 2.13. The van der Waals surface area contributed by atoms with Gasteiger partial charge in [0.2, 0.25) is 0 Å². The van der Waals surface area contributed by atoms with Crippen molar-refractivity contribution >= 4 is 23.4 Å². The van der Waals surface area contributed by atoms with Gasteiger partial charge in [0.1, 0.15) is 0 Å². The molecule has 0 radical (unpaired) electrons. The number of nitrogens with zero attached hydrogens (tertiary/aromatic N) is 1. The zero-order chi connectivity index (χ0) is 15.5. The Hall–Kier alpha value is -1.76. The standard InChI is InChI=1S/C14H17NO5S/c1-2-20-10-4-3-5-11(13(10)15(18)19)21-9-14(6-7-14)8-12(16)17/h3-5H,2,6-9H2,1H3,(H,16,17). The molecule has 1 saturated carbocycles. The summed E-state index contributed by atoms with van der Waals surface area (Å²) < 4.78 is 5.30. The fourth-order valence-electron chi connectivity index (χ4n) is 2.17. The summed E-state index contributed by atoms with van der Waals surface area (Å²) in [7, 11) is 0. The molecule has 1 aliphatic rings. The molecule has 0 spiro atoms. The molecule has 1 fully saturated rings. The topological polar surface area (TPSA) is 89.7 Å². The maximum absolute atomic E-state index is 11.3. The van der Waals surface area contributed by atoms with E-state index in [0.29, 0.717) is 17.3 Å². The monoisotopic (exact) mass is 311 g/mol. The lowest BCUT2D eigenvalue weighted by Gasteiger charge is -2.13. The fourth-order valence-corrected chi connectivity index (χ4v) is 3.51. The van der Waals surface area contributed by atoms with E-state index in [4.69, 9.17) is 9.84 Å². The molecule has 1 aromatic carbocycles. The Morgan fingerprint density at radius 3 is 2.76 bits per heavy atom. The largest absolute Gasteiger partial charge is 0.487 e. The average molecular weight is 311 g/mol. The van der Waals surface area contributed by atoms with Crippen LogP contribution < -0.4 is 4.74 Å². The van der Waals surface area contributed by atoms with Gasteiger partial charge in [-0.25, -0.2) is 0 Å². The van der Waals surface area contributed by atoms with Gasteiger partial charge in [-0.05, 0) is 37.3 Å². The van der Waals surface area contributed by atoms with E-state index in [2.05, 4.69) is 0 Å². The summed E-state index contributed by atoms with van der Waals surface area (Å²) in [6, 6.07) is 4.98. The number of hydrogen-bond acceptors (Lipinski definition) is 5. The van der Waals surface area contributed by atoms with E-state index in [9.17, 15) is 14.9 Å². The Morgan fingerprint density at radius 1 is 1.52 bits per heavy atom. The van der Waals surface area contributed by atoms with Crippen molar-refractivity contribution in [3.63, 3.8) is 0 Å². The molecule has 1 aliphatic carbocycles. The number of nitro benzene ring substituents is 1. The van der Waals surface area contributed by atoms with Crippen molar-refractivity contribution in [1.29, 1.82) is 0 Å². The Balaban J connectivity index is 2.14. The van der Waals surface area contributed by atoms with Crippen molar-refractivity contribution in [2.45, 2.75) is 31.1 Å². The number of hydrogen-bond donors (Lipinski definition) is 1. The zero-order valence-corrected chi connectivity index (χ0v) is 12.5. The van der Waals surface area contributed by atoms with E-state index in [0.717, 1.165) is 12.8 Å². The molecule has 0 unspecified atom stereocenters. The minimum atomic E-state index is -0.814. The highest BCUT2D eigenvalue weighted by Gasteiger charge is 2.44. The van der Waals surface area contributed by atoms with Crippen LogP contribution in [-0.2, 0) is 4.79 Å². The van der Waals surface area contributed by atoms with Gasteiger partial charge in [-0.2, -0.15) is 0 Å². The number of ether oxygens (including phenoxy) is 1. The molecular weight excluding hydrogens is 294 g/mol. The second-order valence-electron chi connectivity index (χ2n) is 5.15. The molecule has 0 aliphatic heterocycles. The Kier molecular flexibility index (Phi) is 4.72. The third kappa shape index (κ3) is 3.87. The molecule has 21 heavy (non-hydrogen) atoms. The first-order chi connectivity index (χ1) is 9.97. The van der Waals surface area contributed by atoms with Crippen molar-refractivity contribution in [2.24, 2.45) is 5.41 Å². The van der Waals surface area contributed by atoms with E-state index in [-0.39, 0.29) is 23.3 Å². The van der Waals surface area contributed by atoms with Crippen LogP contribution in [0.15, 0.2) is 23.1 Å². The van der Waals surface area contributed by atoms with Crippen molar-refractivity contribution in [3.8, 4) is 5.75 Å². The summed E-state index contributed by atoms with van der Waals surface area (Å²) in [4.78, 5) is 22.2. The molecule has 0 saturated heterocycles. The maximum atomic E-state index is 11.3. The highest BCUT2D eigenvalue weighted by molar-refractivity contribution is 7.99. The highest BCUT2D eigenvalue weighted by Crippen LogP contribution is 2.53. The number of benzene rings is 1. The summed E-state index contributed by atoms with van der Waals surface area (Å²) in [5.74, 6) is 0.0247. The van der Waals surface area contributed by atoms with Crippen molar-refractivity contribution in [3.05, 3.63) is 28.3 Å². The lowest BCUT2D eigenvalue weighted by molar-refractivity contribution is -0.388. The number of aliphatic carboxylic acids is 1. The second-order valence-corrected chi connectivity index (χ2v) is 6.17. The SMILES string of the molecule is CCOc1cccc(SCC2(CC(=O)O)CC2)c1[N+](=O)[O-]. The van der Waals surface area contributed by atoms with E-state index in [1.54, 1.807) is 25.1 Å². The number of carboxylic acid groups (broad SMARTS) is 1. The predicted octanol–water partition coefficient (Wildman–Crippen LogP) is 3.34. The summed E-state index contributed by atoms with van der Waals surface area (Å²) in [5.41, 5.74) is -0.234. The van der Waals surface area contributed by atoms with E-state index < -0.39 is 10.9 Å². The van der Waals surface area contributed by atoms with Crippen LogP contribution in [-0.4, -0.2) is 28.4 Å². The zero-order valence-electron chi connectivity index (χ0n) is 11.7. The van der Waals surface area contributed by atoms with E-state index in [1.807, 2.05) is 0 Å². The van der Waals surface area contributed by atoms with Crippen LogP contribution in [0.2, 0.25) is 0 Å². The number of para-hydroxylation sites is 1. The maximum Gasteiger partial charge on any atom is 0.324 e. The predicted molar refractivity (Wildman–Crippen MR) is 78.9 cm³/mol. The van der Waals surface area contributed by atoms with Crippen LogP contribution >= 0.6 is 11.8 Å². The Morgan fingerprint density at radius 2 is 2.24 bits per heavy atom. The van der Waals surface area contributed by atoms with E-state index >= 15 is 0 Å². The van der Waals surface area contributed by atoms with Gasteiger partial charge in [0.05, 0.1) is 22.8 Å². The summed E-state index contributed by atoms with van der Waals surface area (Å²) in [5, 5.41) is 20.2. The van der Waals surface area contributed by atoms with Gasteiger partial charge in [-0.3, -0.25) is 14.9 Å². The molecule has 0 amide bonds. The number of carboxylic acids is 1. The third-order valence-corrected chi connectivity index (χ3v) is 4.86. The molecular formula is C14H17NO5S. The quantitative estimate of drug-likeness (QED) is 0.450. The van der Waals surface area contributed by atoms with Gasteiger partial charge in [-0.15, -0.1) is 11.8 Å². The normalized spacial score (nSPS) is 15.5. The molecule has 1 N–H and O–H groups in total. The number of rotatable bonds is 8. The van der Waals surface area contributed by atoms with Gasteiger partial charge in [0.25, 0.3) is 0 Å². The fraction of sp³-hybridized carbons (Fsp3) is 0.500. The first-order valence-electron chi connectivity index (χ1n) is 6.72. The van der Waals surface area contributed by atoms with Gasteiger partial charge < -0.3 is 9.84 Å². The van der Waals surface area contributed by atoms with Crippen LogP contribution in [0.4, 0.5) is 5.69 Å². The van der Waals surface area contributed by atoms with Crippen LogP contribution in [0.3, 0.4) is 0 Å². The molecule has 7 heteroatoms. The highest BCUT2D eigenvalue weighted by atomic mass is 32.2. The Labute approximate surface area is 126 Å². The number of thioether (sulfide) groups is 1. The second kappa shape index (κ2) is 6.34. The first kappa shape index (κ1) is 15.6. The average Bonchev–Trinajstić information content (AvgIpc) is 3.16. The van der Waals surface area contributed by atoms with Gasteiger partial charge in [-0.1, -0.05) is 6.07 Å². The van der Waals surface area contributed by atoms with Crippen molar-refractivity contribution < 1.29 is 19.6 Å². The van der Waals surface area contributed by atoms with Gasteiger partial charge >= 0.3 is 11.7 Å². The molecule has 1 aromatic rings. The lowest BCUT2D eigenvalue weighted by Crippen LogP contribution is -2.11. The minimum Gasteiger partial charge on any atom is -0.487 e. The lowest BCUT2D eigenvalue weighted by atomic mass is 10.1. The summed E-state index contributed by atoms with van der Waals surface area (Å²) in [6.07, 6.45) is 1.86. The molecule has 114 valence electrons. The van der Waals surface area contributed by atoms with Gasteiger partial charge in [0, 0.05) is 5.75 Å². The van der Waals surface area contributed by atoms with Crippen LogP contribution in [0, 0.1) is 15.5 Å². The van der Waals surface area contributed by atoms with Crippen molar-refractivity contribution in [1.82, 2.24) is 0 Å². The van der Waals surface area contributed by atoms with Crippen molar-refractivity contribution in [2.75, 3.05) is 12.4 Å². The molecule has 0 atom stereocenters. The smallest absolute Gasteiger partial charge is 0.324 e. The van der Waals surface area contributed by atoms with Crippen LogP contribution in [0.25, 0.3) is 0 Å². The summed E-state index contributed by atoms with van der Waals surface area (Å²) >= 11 is 1.34. The molecule has 0 heterocycles. The third-order valence-electron chi connectivity index (χ3n) is 3.46. The van der Waals surface area contributed by atoms with E-state index in [1.165, 1.54) is 11.8 Å². The molecule has 0 bridgehead atoms. The minimum absolute atomic E-state index is 0.0320. The molecule has 2 rings (SSSR count). The Bertz CT molecular complexity index is 556. The molecule has 0 aromatic heterocycles. The van der Waals surface area contributed by atoms with Gasteiger partial charge in [0.15, 0.2) is 5.75 Å². The first-order valence-corrected chi connectivity index (χ1v) is 7.71. The molecule has 6 nitrogen and oxygen atoms in total. The number of nitro groups is 1.